The second-order valence-corrected chi connectivity index (χ2v) is 3.05. The number of nitrogens with one attached hydrogen (secondary N) is 1. The highest BCUT2D eigenvalue weighted by Crippen LogP contribution is 2.16. The molecule has 0 saturated heterocycles. The molecule has 0 unspecified atom stereocenters. The maximum atomic E-state index is 4.19. The first kappa shape index (κ1) is 8.20. The maximum absolute atomic E-state index is 4.19. The maximum Gasteiger partial charge on any atom is 0.0346 e. The number of fused-ring (bicyclic) bond motifs is 1. The Hall–Kier alpha value is -1.41. The lowest BCUT2D eigenvalue weighted by Crippen LogP contribution is -2.05. The van der Waals surface area contributed by atoms with E-state index in [1.807, 2.05) is 25.5 Å². The molecule has 2 heteroatoms. The summed E-state index contributed by atoms with van der Waals surface area (Å²) < 4.78 is 0. The van der Waals surface area contributed by atoms with Gasteiger partial charge in [0.25, 0.3) is 0 Å². The van der Waals surface area contributed by atoms with E-state index in [2.05, 4.69) is 28.5 Å². The van der Waals surface area contributed by atoms with Gasteiger partial charge in [0.05, 0.1) is 0 Å². The normalized spacial score (nSPS) is 10.5. The molecule has 13 heavy (non-hydrogen) atoms. The van der Waals surface area contributed by atoms with Gasteiger partial charge in [0.2, 0.25) is 0 Å². The Bertz CT molecular complexity index is 404. The molecule has 1 aromatic carbocycles. The molecule has 0 fully saturated rings. The second-order valence-electron chi connectivity index (χ2n) is 3.05. The van der Waals surface area contributed by atoms with Crippen LogP contribution in [0.25, 0.3) is 10.8 Å². The van der Waals surface area contributed by atoms with Gasteiger partial charge in [0, 0.05) is 24.3 Å². The highest BCUT2D eigenvalue weighted by molar-refractivity contribution is 5.84. The zero-order chi connectivity index (χ0) is 9.10. The lowest BCUT2D eigenvalue weighted by atomic mass is 10.1. The van der Waals surface area contributed by atoms with Gasteiger partial charge in [-0.05, 0) is 18.0 Å². The van der Waals surface area contributed by atoms with Gasteiger partial charge in [-0.2, -0.15) is 0 Å². The molecule has 0 spiro atoms. The molecule has 0 aliphatic heterocycles. The third-order valence-corrected chi connectivity index (χ3v) is 2.12. The molecule has 66 valence electrons. The van der Waals surface area contributed by atoms with Gasteiger partial charge in [0.1, 0.15) is 0 Å². The predicted molar refractivity (Wildman–Crippen MR) is 54.5 cm³/mol. The third-order valence-electron chi connectivity index (χ3n) is 2.12. The number of nitrogens with zero attached hydrogens (tertiary/aromatic N) is 1. The van der Waals surface area contributed by atoms with E-state index in [0.29, 0.717) is 0 Å². The molecule has 0 radical (unpaired) electrons. The van der Waals surface area contributed by atoms with Crippen molar-refractivity contribution in [3.63, 3.8) is 0 Å². The summed E-state index contributed by atoms with van der Waals surface area (Å²) in [6.07, 6.45) is 3.81. The Labute approximate surface area is 77.6 Å². The van der Waals surface area contributed by atoms with E-state index in [1.165, 1.54) is 16.3 Å². The SMILES string of the molecule is CNCc1cncc2ccccc12. The summed E-state index contributed by atoms with van der Waals surface area (Å²) in [5.41, 5.74) is 1.25. The van der Waals surface area contributed by atoms with Crippen LogP contribution in [0.1, 0.15) is 5.56 Å². The van der Waals surface area contributed by atoms with Crippen molar-refractivity contribution >= 4 is 10.8 Å². The van der Waals surface area contributed by atoms with Crippen LogP contribution in [0.4, 0.5) is 0 Å². The van der Waals surface area contributed by atoms with Crippen LogP contribution in [-0.2, 0) is 6.54 Å². The standard InChI is InChI=1S/C11H12N2/c1-12-6-10-8-13-7-9-4-2-3-5-11(9)10/h2-5,7-8,12H,6H2,1H3. The Morgan fingerprint density at radius 3 is 2.92 bits per heavy atom. The lowest BCUT2D eigenvalue weighted by Gasteiger charge is -2.03. The number of rotatable bonds is 2. The van der Waals surface area contributed by atoms with Crippen LogP contribution < -0.4 is 5.32 Å². The van der Waals surface area contributed by atoms with E-state index in [1.54, 1.807) is 0 Å². The van der Waals surface area contributed by atoms with E-state index in [0.717, 1.165) is 6.54 Å². The van der Waals surface area contributed by atoms with E-state index in [-0.39, 0.29) is 0 Å². The summed E-state index contributed by atoms with van der Waals surface area (Å²) in [4.78, 5) is 4.19. The summed E-state index contributed by atoms with van der Waals surface area (Å²) in [6, 6.07) is 8.31. The Morgan fingerprint density at radius 1 is 1.23 bits per heavy atom. The fourth-order valence-electron chi connectivity index (χ4n) is 1.51. The molecule has 2 aromatic rings. The van der Waals surface area contributed by atoms with E-state index < -0.39 is 0 Å². The molecule has 0 aliphatic carbocycles. The van der Waals surface area contributed by atoms with Crippen LogP contribution in [-0.4, -0.2) is 12.0 Å². The van der Waals surface area contributed by atoms with E-state index >= 15 is 0 Å². The van der Waals surface area contributed by atoms with Crippen molar-refractivity contribution in [3.05, 3.63) is 42.2 Å². The van der Waals surface area contributed by atoms with Gasteiger partial charge in [-0.3, -0.25) is 4.98 Å². The molecule has 0 saturated carbocycles. The van der Waals surface area contributed by atoms with Crippen molar-refractivity contribution < 1.29 is 0 Å². The van der Waals surface area contributed by atoms with Gasteiger partial charge in [-0.1, -0.05) is 24.3 Å². The van der Waals surface area contributed by atoms with Crippen LogP contribution in [0.5, 0.6) is 0 Å². The smallest absolute Gasteiger partial charge is 0.0346 e. The first-order chi connectivity index (χ1) is 6.42. The molecule has 1 aromatic heterocycles. The molecular weight excluding hydrogens is 160 g/mol. The minimum absolute atomic E-state index is 0.869. The number of pyridine rings is 1. The van der Waals surface area contributed by atoms with Gasteiger partial charge in [-0.15, -0.1) is 0 Å². The fourth-order valence-corrected chi connectivity index (χ4v) is 1.51. The highest BCUT2D eigenvalue weighted by atomic mass is 14.8. The van der Waals surface area contributed by atoms with Gasteiger partial charge in [0.15, 0.2) is 0 Å². The van der Waals surface area contributed by atoms with Crippen molar-refractivity contribution in [2.75, 3.05) is 7.05 Å². The predicted octanol–water partition coefficient (Wildman–Crippen LogP) is 1.95. The van der Waals surface area contributed by atoms with E-state index in [9.17, 15) is 0 Å². The van der Waals surface area contributed by atoms with Crippen molar-refractivity contribution in [3.8, 4) is 0 Å². The summed E-state index contributed by atoms with van der Waals surface area (Å²) in [7, 11) is 1.95. The Balaban J connectivity index is 2.61. The highest BCUT2D eigenvalue weighted by Gasteiger charge is 1.98. The molecule has 0 bridgehead atoms. The second kappa shape index (κ2) is 3.54. The molecule has 2 rings (SSSR count). The number of hydrogen-bond donors (Lipinski definition) is 1. The van der Waals surface area contributed by atoms with Crippen LogP contribution >= 0.6 is 0 Å². The summed E-state index contributed by atoms with van der Waals surface area (Å²) in [6.45, 7) is 0.869. The molecule has 2 nitrogen and oxygen atoms in total. The minimum atomic E-state index is 0.869. The molecule has 0 atom stereocenters. The van der Waals surface area contributed by atoms with Gasteiger partial charge < -0.3 is 5.32 Å². The first-order valence-electron chi connectivity index (χ1n) is 4.38. The fraction of sp³-hybridized carbons (Fsp3) is 0.182. The zero-order valence-corrected chi connectivity index (χ0v) is 7.62. The molecular formula is C11H12N2. The largest absolute Gasteiger partial charge is 0.316 e. The number of hydrogen-bond acceptors (Lipinski definition) is 2. The monoisotopic (exact) mass is 172 g/mol. The van der Waals surface area contributed by atoms with E-state index in [4.69, 9.17) is 0 Å². The number of aromatic nitrogens is 1. The van der Waals surface area contributed by atoms with Crippen LogP contribution in [0.15, 0.2) is 36.7 Å². The van der Waals surface area contributed by atoms with Crippen molar-refractivity contribution in [1.82, 2.24) is 10.3 Å². The summed E-state index contributed by atoms with van der Waals surface area (Å²) in [5, 5.41) is 5.62. The molecule has 0 amide bonds. The van der Waals surface area contributed by atoms with Crippen LogP contribution in [0.2, 0.25) is 0 Å². The van der Waals surface area contributed by atoms with Crippen molar-refractivity contribution in [2.24, 2.45) is 0 Å². The molecule has 1 heterocycles. The average molecular weight is 172 g/mol. The van der Waals surface area contributed by atoms with Crippen LogP contribution in [0, 0.1) is 0 Å². The Kier molecular flexibility index (Phi) is 2.23. The summed E-state index contributed by atoms with van der Waals surface area (Å²) >= 11 is 0. The van der Waals surface area contributed by atoms with Crippen molar-refractivity contribution in [1.29, 1.82) is 0 Å². The molecule has 1 N–H and O–H groups in total. The van der Waals surface area contributed by atoms with Crippen LogP contribution in [0.3, 0.4) is 0 Å². The number of benzene rings is 1. The lowest BCUT2D eigenvalue weighted by molar-refractivity contribution is 0.820. The van der Waals surface area contributed by atoms with Crippen molar-refractivity contribution in [2.45, 2.75) is 6.54 Å². The quantitative estimate of drug-likeness (QED) is 0.749. The van der Waals surface area contributed by atoms with Gasteiger partial charge >= 0.3 is 0 Å². The Morgan fingerprint density at radius 2 is 2.08 bits per heavy atom. The first-order valence-corrected chi connectivity index (χ1v) is 4.38. The minimum Gasteiger partial charge on any atom is -0.316 e. The van der Waals surface area contributed by atoms with Gasteiger partial charge in [-0.25, -0.2) is 0 Å². The third kappa shape index (κ3) is 1.53. The average Bonchev–Trinajstić information content (AvgIpc) is 2.19. The zero-order valence-electron chi connectivity index (χ0n) is 7.62. The molecule has 0 aliphatic rings. The summed E-state index contributed by atoms with van der Waals surface area (Å²) in [5.74, 6) is 0. The topological polar surface area (TPSA) is 24.9 Å².